The van der Waals surface area contributed by atoms with Crippen LogP contribution in [0.15, 0.2) is 0 Å². The summed E-state index contributed by atoms with van der Waals surface area (Å²) >= 11 is 2.07. The minimum atomic E-state index is 0.340. The van der Waals surface area contributed by atoms with Crippen molar-refractivity contribution in [3.05, 3.63) is 0 Å². The van der Waals surface area contributed by atoms with Crippen molar-refractivity contribution < 1.29 is 5.11 Å². The fourth-order valence-electron chi connectivity index (χ4n) is 2.17. The normalized spacial score (nSPS) is 20.4. The molecule has 0 aromatic heterocycles. The van der Waals surface area contributed by atoms with E-state index in [1.165, 1.54) is 37.2 Å². The van der Waals surface area contributed by atoms with Crippen LogP contribution in [0.3, 0.4) is 0 Å². The highest BCUT2D eigenvalue weighted by Gasteiger charge is 2.14. The Labute approximate surface area is 98.2 Å². The molecule has 15 heavy (non-hydrogen) atoms. The van der Waals surface area contributed by atoms with E-state index < -0.39 is 0 Å². The third-order valence-electron chi connectivity index (χ3n) is 3.15. The number of hydrogen-bond acceptors (Lipinski definition) is 3. The number of thioether (sulfide) groups is 1. The smallest absolute Gasteiger partial charge is 0.0434 e. The first-order valence-corrected chi connectivity index (χ1v) is 7.44. The highest BCUT2D eigenvalue weighted by atomic mass is 32.2. The van der Waals surface area contributed by atoms with Gasteiger partial charge in [0.15, 0.2) is 0 Å². The molecule has 1 heterocycles. The van der Waals surface area contributed by atoms with Gasteiger partial charge in [-0.1, -0.05) is 13.3 Å². The van der Waals surface area contributed by atoms with Crippen LogP contribution in [-0.4, -0.2) is 35.8 Å². The lowest BCUT2D eigenvalue weighted by Crippen LogP contribution is -2.36. The van der Waals surface area contributed by atoms with E-state index in [1.807, 2.05) is 0 Å². The highest BCUT2D eigenvalue weighted by molar-refractivity contribution is 7.99. The molecule has 0 aliphatic carbocycles. The molecule has 2 N–H and O–H groups in total. The van der Waals surface area contributed by atoms with Crippen molar-refractivity contribution in [1.29, 1.82) is 0 Å². The van der Waals surface area contributed by atoms with Gasteiger partial charge in [0.05, 0.1) is 0 Å². The van der Waals surface area contributed by atoms with Gasteiger partial charge in [0.1, 0.15) is 0 Å². The first-order chi connectivity index (χ1) is 7.36. The molecule has 1 unspecified atom stereocenters. The van der Waals surface area contributed by atoms with Gasteiger partial charge in [0.25, 0.3) is 0 Å². The molecule has 1 aliphatic heterocycles. The Hall–Kier alpha value is 0.270. The second kappa shape index (κ2) is 8.43. The van der Waals surface area contributed by atoms with E-state index in [0.29, 0.717) is 12.5 Å². The zero-order valence-electron chi connectivity index (χ0n) is 9.87. The molecule has 3 heteroatoms. The van der Waals surface area contributed by atoms with Gasteiger partial charge in [-0.05, 0) is 49.7 Å². The van der Waals surface area contributed by atoms with Crippen molar-refractivity contribution in [2.24, 2.45) is 5.92 Å². The summed E-state index contributed by atoms with van der Waals surface area (Å²) in [7, 11) is 0. The van der Waals surface area contributed by atoms with Gasteiger partial charge in [0.2, 0.25) is 0 Å². The summed E-state index contributed by atoms with van der Waals surface area (Å²) < 4.78 is 0. The minimum Gasteiger partial charge on any atom is -0.396 e. The maximum absolute atomic E-state index is 8.97. The van der Waals surface area contributed by atoms with E-state index in [0.717, 1.165) is 19.0 Å². The van der Waals surface area contributed by atoms with Crippen molar-refractivity contribution in [3.63, 3.8) is 0 Å². The van der Waals surface area contributed by atoms with E-state index in [-0.39, 0.29) is 0 Å². The fourth-order valence-corrected chi connectivity index (χ4v) is 3.28. The lowest BCUT2D eigenvalue weighted by atomic mass is 9.99. The van der Waals surface area contributed by atoms with Gasteiger partial charge >= 0.3 is 0 Å². The largest absolute Gasteiger partial charge is 0.396 e. The maximum Gasteiger partial charge on any atom is 0.0434 e. The molecule has 1 rings (SSSR count). The van der Waals surface area contributed by atoms with Crippen LogP contribution in [0.1, 0.15) is 39.0 Å². The van der Waals surface area contributed by atoms with Crippen molar-refractivity contribution in [2.75, 3.05) is 24.7 Å². The average Bonchev–Trinajstić information content (AvgIpc) is 2.28. The van der Waals surface area contributed by atoms with Gasteiger partial charge in [0, 0.05) is 12.6 Å². The average molecular weight is 231 g/mol. The molecule has 0 bridgehead atoms. The first-order valence-electron chi connectivity index (χ1n) is 6.28. The minimum absolute atomic E-state index is 0.340. The van der Waals surface area contributed by atoms with E-state index in [2.05, 4.69) is 24.0 Å². The van der Waals surface area contributed by atoms with Gasteiger partial charge < -0.3 is 10.4 Å². The Kier molecular flexibility index (Phi) is 7.49. The van der Waals surface area contributed by atoms with Crippen molar-refractivity contribution in [3.8, 4) is 0 Å². The quantitative estimate of drug-likeness (QED) is 0.705. The summed E-state index contributed by atoms with van der Waals surface area (Å²) in [4.78, 5) is 0. The molecule has 1 saturated heterocycles. The fraction of sp³-hybridized carbons (Fsp3) is 1.00. The van der Waals surface area contributed by atoms with E-state index in [9.17, 15) is 0 Å². The van der Waals surface area contributed by atoms with Crippen LogP contribution in [0.25, 0.3) is 0 Å². The second-order valence-electron chi connectivity index (χ2n) is 4.46. The topological polar surface area (TPSA) is 32.3 Å². The predicted molar refractivity (Wildman–Crippen MR) is 68.5 cm³/mol. The van der Waals surface area contributed by atoms with Crippen LogP contribution in [0.4, 0.5) is 0 Å². The Morgan fingerprint density at radius 2 is 2.07 bits per heavy atom. The number of hydrogen-bond donors (Lipinski definition) is 2. The molecule has 0 saturated carbocycles. The second-order valence-corrected chi connectivity index (χ2v) is 5.69. The van der Waals surface area contributed by atoms with Gasteiger partial charge in [-0.25, -0.2) is 0 Å². The molecule has 0 aromatic carbocycles. The molecular weight excluding hydrogens is 206 g/mol. The van der Waals surface area contributed by atoms with Gasteiger partial charge in [-0.3, -0.25) is 0 Å². The molecule has 1 fully saturated rings. The van der Waals surface area contributed by atoms with Crippen LogP contribution in [-0.2, 0) is 0 Å². The standard InChI is InChI=1S/C12H25NOS/c1-2-3-11(4-7-14)10-13-12-5-8-15-9-6-12/h11-14H,2-10H2,1H3. The number of rotatable bonds is 7. The number of nitrogens with one attached hydrogen (secondary N) is 1. The Bertz CT molecular complexity index is 143. The summed E-state index contributed by atoms with van der Waals surface area (Å²) in [6.07, 6.45) is 6.08. The van der Waals surface area contributed by atoms with Gasteiger partial charge in [-0.2, -0.15) is 11.8 Å². The Morgan fingerprint density at radius 1 is 1.33 bits per heavy atom. The summed E-state index contributed by atoms with van der Waals surface area (Å²) in [6.45, 7) is 3.66. The van der Waals surface area contributed by atoms with Crippen molar-refractivity contribution >= 4 is 11.8 Å². The summed E-state index contributed by atoms with van der Waals surface area (Å²) in [5.74, 6) is 3.31. The summed E-state index contributed by atoms with van der Waals surface area (Å²) in [5, 5.41) is 12.6. The van der Waals surface area contributed by atoms with Crippen LogP contribution in [0.2, 0.25) is 0 Å². The number of aliphatic hydroxyl groups is 1. The predicted octanol–water partition coefficient (Wildman–Crippen LogP) is 2.27. The molecule has 90 valence electrons. The molecule has 0 radical (unpaired) electrons. The maximum atomic E-state index is 8.97. The monoisotopic (exact) mass is 231 g/mol. The van der Waals surface area contributed by atoms with Crippen LogP contribution in [0, 0.1) is 5.92 Å². The molecule has 1 aliphatic rings. The third kappa shape index (κ3) is 5.79. The third-order valence-corrected chi connectivity index (χ3v) is 4.20. The Balaban J connectivity index is 2.13. The molecule has 1 atom stereocenters. The van der Waals surface area contributed by atoms with E-state index in [1.54, 1.807) is 0 Å². The molecular formula is C12H25NOS. The van der Waals surface area contributed by atoms with E-state index >= 15 is 0 Å². The van der Waals surface area contributed by atoms with Crippen LogP contribution in [0.5, 0.6) is 0 Å². The molecule has 0 aromatic rings. The highest BCUT2D eigenvalue weighted by Crippen LogP contribution is 2.18. The van der Waals surface area contributed by atoms with Crippen LogP contribution < -0.4 is 5.32 Å². The lowest BCUT2D eigenvalue weighted by Gasteiger charge is -2.25. The molecule has 0 spiro atoms. The van der Waals surface area contributed by atoms with Crippen molar-refractivity contribution in [2.45, 2.75) is 45.1 Å². The zero-order chi connectivity index (χ0) is 10.9. The number of aliphatic hydroxyl groups excluding tert-OH is 1. The SMILES string of the molecule is CCCC(CCO)CNC1CCSCC1. The van der Waals surface area contributed by atoms with Crippen molar-refractivity contribution in [1.82, 2.24) is 5.32 Å². The van der Waals surface area contributed by atoms with Gasteiger partial charge in [-0.15, -0.1) is 0 Å². The molecule has 0 amide bonds. The first kappa shape index (κ1) is 13.3. The van der Waals surface area contributed by atoms with E-state index in [4.69, 9.17) is 5.11 Å². The zero-order valence-corrected chi connectivity index (χ0v) is 10.7. The summed E-state index contributed by atoms with van der Waals surface area (Å²) in [5.41, 5.74) is 0. The van der Waals surface area contributed by atoms with Crippen LogP contribution >= 0.6 is 11.8 Å². The lowest BCUT2D eigenvalue weighted by molar-refractivity contribution is 0.244. The summed E-state index contributed by atoms with van der Waals surface area (Å²) in [6, 6.07) is 0.740. The Morgan fingerprint density at radius 3 is 2.67 bits per heavy atom. The molecule has 2 nitrogen and oxygen atoms in total.